The Labute approximate surface area is 113 Å². The van der Waals surface area contributed by atoms with Crippen molar-refractivity contribution in [2.45, 2.75) is 25.9 Å². The topological polar surface area (TPSA) is 80.4 Å². The van der Waals surface area contributed by atoms with E-state index in [4.69, 9.17) is 10.5 Å². The summed E-state index contributed by atoms with van der Waals surface area (Å²) >= 11 is 0. The molecule has 1 aliphatic rings. The SMILES string of the molecule is CCOC1CCN(c2nc(N)nc(N(C)C)n2)CC1. The summed E-state index contributed by atoms with van der Waals surface area (Å²) < 4.78 is 5.64. The summed E-state index contributed by atoms with van der Waals surface area (Å²) in [5.41, 5.74) is 5.74. The van der Waals surface area contributed by atoms with Crippen molar-refractivity contribution >= 4 is 17.8 Å². The van der Waals surface area contributed by atoms with E-state index >= 15 is 0 Å². The summed E-state index contributed by atoms with van der Waals surface area (Å²) in [6, 6.07) is 0. The Morgan fingerprint density at radius 1 is 1.26 bits per heavy atom. The van der Waals surface area contributed by atoms with Crippen LogP contribution in [0, 0.1) is 0 Å². The van der Waals surface area contributed by atoms with Gasteiger partial charge < -0.3 is 20.3 Å². The molecule has 7 heteroatoms. The summed E-state index contributed by atoms with van der Waals surface area (Å²) in [7, 11) is 3.78. The van der Waals surface area contributed by atoms with E-state index in [1.807, 2.05) is 25.9 Å². The van der Waals surface area contributed by atoms with Gasteiger partial charge in [-0.1, -0.05) is 0 Å². The highest BCUT2D eigenvalue weighted by Gasteiger charge is 2.22. The molecule has 0 aliphatic carbocycles. The molecule has 2 rings (SSSR count). The molecule has 0 atom stereocenters. The zero-order valence-electron chi connectivity index (χ0n) is 11.8. The Morgan fingerprint density at radius 3 is 2.53 bits per heavy atom. The van der Waals surface area contributed by atoms with Crippen molar-refractivity contribution in [3.63, 3.8) is 0 Å². The van der Waals surface area contributed by atoms with E-state index in [1.54, 1.807) is 0 Å². The van der Waals surface area contributed by atoms with Crippen LogP contribution in [0.5, 0.6) is 0 Å². The Balaban J connectivity index is 2.06. The van der Waals surface area contributed by atoms with Gasteiger partial charge in [-0.15, -0.1) is 0 Å². The maximum absolute atomic E-state index is 5.74. The van der Waals surface area contributed by atoms with Crippen molar-refractivity contribution in [1.29, 1.82) is 0 Å². The van der Waals surface area contributed by atoms with Crippen LogP contribution in [0.1, 0.15) is 19.8 Å². The summed E-state index contributed by atoms with van der Waals surface area (Å²) in [6.07, 6.45) is 2.35. The average Bonchev–Trinajstić information content (AvgIpc) is 2.39. The lowest BCUT2D eigenvalue weighted by molar-refractivity contribution is 0.0457. The molecular weight excluding hydrogens is 244 g/mol. The molecule has 1 aromatic heterocycles. The van der Waals surface area contributed by atoms with E-state index in [9.17, 15) is 0 Å². The van der Waals surface area contributed by atoms with E-state index in [0.29, 0.717) is 18.0 Å². The number of hydrogen-bond acceptors (Lipinski definition) is 7. The van der Waals surface area contributed by atoms with Crippen LogP contribution in [0.3, 0.4) is 0 Å². The number of nitrogens with two attached hydrogens (primary N) is 1. The van der Waals surface area contributed by atoms with E-state index in [2.05, 4.69) is 19.9 Å². The van der Waals surface area contributed by atoms with E-state index < -0.39 is 0 Å². The van der Waals surface area contributed by atoms with Crippen LogP contribution >= 0.6 is 0 Å². The first-order chi connectivity index (χ1) is 9.10. The van der Waals surface area contributed by atoms with E-state index in [0.717, 1.165) is 32.5 Å². The number of anilines is 3. The Kier molecular flexibility index (Phi) is 4.36. The summed E-state index contributed by atoms with van der Waals surface area (Å²) in [4.78, 5) is 16.7. The predicted octanol–water partition coefficient (Wildman–Crippen LogP) is 0.525. The predicted molar refractivity (Wildman–Crippen MR) is 75.4 cm³/mol. The highest BCUT2D eigenvalue weighted by Crippen LogP contribution is 2.20. The van der Waals surface area contributed by atoms with Gasteiger partial charge in [-0.2, -0.15) is 15.0 Å². The molecule has 0 bridgehead atoms. The van der Waals surface area contributed by atoms with Gasteiger partial charge in [-0.3, -0.25) is 0 Å². The molecule has 1 fully saturated rings. The molecule has 19 heavy (non-hydrogen) atoms. The van der Waals surface area contributed by atoms with Gasteiger partial charge in [0.25, 0.3) is 0 Å². The molecule has 0 saturated carbocycles. The molecule has 0 amide bonds. The first-order valence-corrected chi connectivity index (χ1v) is 6.65. The van der Waals surface area contributed by atoms with Crippen LogP contribution < -0.4 is 15.5 Å². The van der Waals surface area contributed by atoms with E-state index in [-0.39, 0.29) is 5.95 Å². The second kappa shape index (κ2) is 6.01. The average molecular weight is 266 g/mol. The molecule has 1 aliphatic heterocycles. The molecule has 1 aromatic rings. The maximum atomic E-state index is 5.74. The molecule has 0 spiro atoms. The second-order valence-corrected chi connectivity index (χ2v) is 4.83. The lowest BCUT2D eigenvalue weighted by Gasteiger charge is -2.32. The van der Waals surface area contributed by atoms with Gasteiger partial charge in [0.05, 0.1) is 6.10 Å². The van der Waals surface area contributed by atoms with Gasteiger partial charge in [0.2, 0.25) is 17.8 Å². The molecule has 2 N–H and O–H groups in total. The Hall–Kier alpha value is -1.63. The zero-order chi connectivity index (χ0) is 13.8. The van der Waals surface area contributed by atoms with Crippen LogP contribution in [0.2, 0.25) is 0 Å². The fourth-order valence-electron chi connectivity index (χ4n) is 2.17. The van der Waals surface area contributed by atoms with Crippen LogP contribution in [-0.2, 0) is 4.74 Å². The Bertz CT molecular complexity index is 417. The van der Waals surface area contributed by atoms with E-state index in [1.165, 1.54) is 0 Å². The van der Waals surface area contributed by atoms with Crippen LogP contribution in [0.4, 0.5) is 17.8 Å². The minimum Gasteiger partial charge on any atom is -0.378 e. The number of ether oxygens (including phenoxy) is 1. The molecular formula is C12H22N6O. The van der Waals surface area contributed by atoms with Crippen molar-refractivity contribution in [2.24, 2.45) is 0 Å². The molecule has 7 nitrogen and oxygen atoms in total. The summed E-state index contributed by atoms with van der Waals surface area (Å²) in [6.45, 7) is 4.58. The summed E-state index contributed by atoms with van der Waals surface area (Å²) in [5, 5.41) is 0. The summed E-state index contributed by atoms with van der Waals surface area (Å²) in [5.74, 6) is 1.52. The number of nitrogen functional groups attached to an aromatic ring is 1. The number of piperidine rings is 1. The number of rotatable bonds is 4. The third-order valence-corrected chi connectivity index (χ3v) is 3.16. The van der Waals surface area contributed by atoms with Crippen molar-refractivity contribution in [1.82, 2.24) is 15.0 Å². The second-order valence-electron chi connectivity index (χ2n) is 4.83. The minimum absolute atomic E-state index is 0.264. The smallest absolute Gasteiger partial charge is 0.231 e. The van der Waals surface area contributed by atoms with Crippen LogP contribution in [0.25, 0.3) is 0 Å². The molecule has 0 unspecified atom stereocenters. The first-order valence-electron chi connectivity index (χ1n) is 6.65. The monoisotopic (exact) mass is 266 g/mol. The normalized spacial score (nSPS) is 16.7. The van der Waals surface area contributed by atoms with Crippen molar-refractivity contribution in [3.8, 4) is 0 Å². The van der Waals surface area contributed by atoms with Gasteiger partial charge in [0.15, 0.2) is 0 Å². The standard InChI is InChI=1S/C12H22N6O/c1-4-19-9-5-7-18(8-6-9)12-15-10(13)14-11(16-12)17(2)3/h9H,4-8H2,1-3H3,(H2,13,14,15,16). The number of aromatic nitrogens is 3. The van der Waals surface area contributed by atoms with Crippen molar-refractivity contribution < 1.29 is 4.74 Å². The molecule has 106 valence electrons. The highest BCUT2D eigenvalue weighted by molar-refractivity contribution is 5.42. The molecule has 1 saturated heterocycles. The largest absolute Gasteiger partial charge is 0.378 e. The third kappa shape index (κ3) is 3.44. The maximum Gasteiger partial charge on any atom is 0.231 e. The molecule has 0 radical (unpaired) electrons. The Morgan fingerprint density at radius 2 is 1.95 bits per heavy atom. The highest BCUT2D eigenvalue weighted by atomic mass is 16.5. The number of nitrogens with zero attached hydrogens (tertiary/aromatic N) is 5. The van der Waals surface area contributed by atoms with Gasteiger partial charge in [0, 0.05) is 33.8 Å². The fourth-order valence-corrected chi connectivity index (χ4v) is 2.17. The third-order valence-electron chi connectivity index (χ3n) is 3.16. The minimum atomic E-state index is 0.264. The van der Waals surface area contributed by atoms with Gasteiger partial charge in [-0.05, 0) is 19.8 Å². The van der Waals surface area contributed by atoms with Crippen LogP contribution in [-0.4, -0.2) is 54.8 Å². The van der Waals surface area contributed by atoms with Crippen molar-refractivity contribution in [2.75, 3.05) is 49.3 Å². The van der Waals surface area contributed by atoms with Gasteiger partial charge >= 0.3 is 0 Å². The zero-order valence-corrected chi connectivity index (χ0v) is 11.8. The number of hydrogen-bond donors (Lipinski definition) is 1. The van der Waals surface area contributed by atoms with Crippen LogP contribution in [0.15, 0.2) is 0 Å². The first kappa shape index (κ1) is 13.8. The van der Waals surface area contributed by atoms with Gasteiger partial charge in [-0.25, -0.2) is 0 Å². The van der Waals surface area contributed by atoms with Gasteiger partial charge in [0.1, 0.15) is 0 Å². The lowest BCUT2D eigenvalue weighted by Crippen LogP contribution is -2.38. The fraction of sp³-hybridized carbons (Fsp3) is 0.750. The quantitative estimate of drug-likeness (QED) is 0.851. The lowest BCUT2D eigenvalue weighted by atomic mass is 10.1. The molecule has 0 aromatic carbocycles. The van der Waals surface area contributed by atoms with Crippen molar-refractivity contribution in [3.05, 3.63) is 0 Å². The molecule has 2 heterocycles.